The van der Waals surface area contributed by atoms with E-state index in [0.717, 1.165) is 5.56 Å². The Morgan fingerprint density at radius 1 is 0.970 bits per heavy atom. The minimum atomic E-state index is -0.286. The van der Waals surface area contributed by atoms with Crippen LogP contribution in [0, 0.1) is 0 Å². The predicted octanol–water partition coefficient (Wildman–Crippen LogP) is 2.49. The number of phenolic OH excluding ortho intramolecular Hbond substituents is 1. The number of carbonyl (C=O) groups excluding carboxylic acids is 3. The summed E-state index contributed by atoms with van der Waals surface area (Å²) in [5.74, 6) is 0.148. The first-order valence-electron chi connectivity index (χ1n) is 11.2. The third-order valence-corrected chi connectivity index (χ3v) is 5.72. The molecule has 176 valence electrons. The van der Waals surface area contributed by atoms with Crippen LogP contribution in [0.5, 0.6) is 11.5 Å². The smallest absolute Gasteiger partial charge is 0.255 e. The van der Waals surface area contributed by atoms with E-state index in [1.54, 1.807) is 29.2 Å². The molecule has 1 aliphatic rings. The average Bonchev–Trinajstić information content (AvgIpc) is 2.80. The van der Waals surface area contributed by atoms with Crippen molar-refractivity contribution in [3.63, 3.8) is 0 Å². The van der Waals surface area contributed by atoms with Crippen molar-refractivity contribution in [2.75, 3.05) is 33.3 Å². The van der Waals surface area contributed by atoms with Crippen molar-refractivity contribution in [3.05, 3.63) is 47.5 Å². The number of amides is 3. The van der Waals surface area contributed by atoms with Gasteiger partial charge in [0.25, 0.3) is 5.91 Å². The summed E-state index contributed by atoms with van der Waals surface area (Å²) in [4.78, 5) is 38.7. The van der Waals surface area contributed by atoms with Crippen LogP contribution in [0.4, 0.5) is 0 Å². The van der Waals surface area contributed by atoms with Crippen LogP contribution in [-0.2, 0) is 16.0 Å². The minimum absolute atomic E-state index is 0.0533. The maximum absolute atomic E-state index is 12.9. The van der Waals surface area contributed by atoms with Crippen molar-refractivity contribution in [1.82, 2.24) is 15.5 Å². The SMILES string of the molecule is COc1ccc2cc1C(=O)NCCCN(C(C)=O)CCCC(=O)NCCc1ccc(O)c-2c1. The number of nitrogens with zero attached hydrogens (tertiary/aromatic N) is 1. The minimum Gasteiger partial charge on any atom is -0.507 e. The van der Waals surface area contributed by atoms with Crippen LogP contribution in [0.1, 0.15) is 42.1 Å². The highest BCUT2D eigenvalue weighted by Gasteiger charge is 2.16. The Kier molecular flexibility index (Phi) is 8.29. The summed E-state index contributed by atoms with van der Waals surface area (Å²) < 4.78 is 5.37. The van der Waals surface area contributed by atoms with Crippen molar-refractivity contribution in [2.45, 2.75) is 32.6 Å². The van der Waals surface area contributed by atoms with Gasteiger partial charge in [-0.05, 0) is 54.7 Å². The summed E-state index contributed by atoms with van der Waals surface area (Å²) >= 11 is 0. The standard InChI is InChI=1S/C25H31N3O5/c1-17(29)28-13-3-5-24(31)26-12-10-18-6-8-22(30)20(15-18)19-7-9-23(33-2)21(16-19)25(32)27-11-4-14-28/h6-9,15-16,30H,3-5,10-14H2,1-2H3,(H,26,31)(H,27,32). The molecule has 0 fully saturated rings. The zero-order valence-electron chi connectivity index (χ0n) is 19.1. The van der Waals surface area contributed by atoms with E-state index in [1.165, 1.54) is 14.0 Å². The third kappa shape index (κ3) is 6.47. The van der Waals surface area contributed by atoms with E-state index >= 15 is 0 Å². The Bertz CT molecular complexity index is 1020. The molecule has 2 aromatic rings. The van der Waals surface area contributed by atoms with E-state index < -0.39 is 0 Å². The molecule has 8 heteroatoms. The van der Waals surface area contributed by atoms with Gasteiger partial charge in [0.05, 0.1) is 12.7 Å². The topological polar surface area (TPSA) is 108 Å². The van der Waals surface area contributed by atoms with Gasteiger partial charge in [-0.1, -0.05) is 12.1 Å². The van der Waals surface area contributed by atoms with Crippen LogP contribution in [0.2, 0.25) is 0 Å². The number of carbonyl (C=O) groups is 3. The van der Waals surface area contributed by atoms with Crippen molar-refractivity contribution in [1.29, 1.82) is 0 Å². The molecule has 0 saturated heterocycles. The number of hydrogen-bond acceptors (Lipinski definition) is 5. The molecule has 1 heterocycles. The van der Waals surface area contributed by atoms with Crippen LogP contribution < -0.4 is 15.4 Å². The summed E-state index contributed by atoms with van der Waals surface area (Å²) in [6.45, 7) is 3.35. The number of benzene rings is 2. The fourth-order valence-corrected chi connectivity index (χ4v) is 3.88. The normalized spacial score (nSPS) is 16.0. The molecular formula is C25H31N3O5. The second-order valence-corrected chi connectivity index (χ2v) is 8.09. The molecule has 3 rings (SSSR count). The number of fused-ring (bicyclic) bond motifs is 5. The first kappa shape index (κ1) is 24.1. The van der Waals surface area contributed by atoms with Gasteiger partial charge in [-0.15, -0.1) is 0 Å². The highest BCUT2D eigenvalue weighted by molar-refractivity contribution is 5.98. The number of aromatic hydroxyl groups is 1. The Morgan fingerprint density at radius 2 is 1.76 bits per heavy atom. The Balaban J connectivity index is 1.90. The van der Waals surface area contributed by atoms with Gasteiger partial charge in [0.2, 0.25) is 11.8 Å². The molecule has 2 aromatic carbocycles. The third-order valence-electron chi connectivity index (χ3n) is 5.72. The maximum atomic E-state index is 12.9. The van der Waals surface area contributed by atoms with Gasteiger partial charge in [-0.25, -0.2) is 0 Å². The quantitative estimate of drug-likeness (QED) is 0.615. The largest absolute Gasteiger partial charge is 0.507 e. The molecule has 0 radical (unpaired) electrons. The lowest BCUT2D eigenvalue weighted by Gasteiger charge is -2.21. The van der Waals surface area contributed by atoms with Gasteiger partial charge < -0.3 is 25.4 Å². The molecule has 0 spiro atoms. The monoisotopic (exact) mass is 453 g/mol. The molecule has 3 amide bonds. The number of phenols is 1. The van der Waals surface area contributed by atoms with Gasteiger partial charge in [-0.3, -0.25) is 14.4 Å². The second kappa shape index (κ2) is 11.4. The first-order chi connectivity index (χ1) is 15.9. The molecule has 0 aliphatic carbocycles. The van der Waals surface area contributed by atoms with Crippen molar-refractivity contribution >= 4 is 17.7 Å². The number of methoxy groups -OCH3 is 1. The van der Waals surface area contributed by atoms with Gasteiger partial charge in [0.1, 0.15) is 11.5 Å². The summed E-state index contributed by atoms with van der Waals surface area (Å²) in [7, 11) is 1.50. The Labute approximate surface area is 193 Å². The molecule has 33 heavy (non-hydrogen) atoms. The molecule has 3 N–H and O–H groups in total. The summed E-state index contributed by atoms with van der Waals surface area (Å²) in [5.41, 5.74) is 2.61. The van der Waals surface area contributed by atoms with Crippen molar-refractivity contribution < 1.29 is 24.2 Å². The van der Waals surface area contributed by atoms with Crippen LogP contribution >= 0.6 is 0 Å². The fraction of sp³-hybridized carbons (Fsp3) is 0.400. The molecule has 8 nitrogen and oxygen atoms in total. The lowest BCUT2D eigenvalue weighted by molar-refractivity contribution is -0.129. The molecular weight excluding hydrogens is 422 g/mol. The fourth-order valence-electron chi connectivity index (χ4n) is 3.88. The highest BCUT2D eigenvalue weighted by atomic mass is 16.5. The molecule has 0 aromatic heterocycles. The van der Waals surface area contributed by atoms with Crippen molar-refractivity contribution in [2.24, 2.45) is 0 Å². The van der Waals surface area contributed by atoms with E-state index in [2.05, 4.69) is 10.6 Å². The van der Waals surface area contributed by atoms with E-state index in [-0.39, 0.29) is 23.5 Å². The molecule has 0 saturated carbocycles. The van der Waals surface area contributed by atoms with Crippen LogP contribution in [0.25, 0.3) is 11.1 Å². The lowest BCUT2D eigenvalue weighted by Crippen LogP contribution is -2.34. The predicted molar refractivity (Wildman–Crippen MR) is 125 cm³/mol. The van der Waals surface area contributed by atoms with E-state index in [4.69, 9.17) is 4.74 Å². The maximum Gasteiger partial charge on any atom is 0.255 e. The summed E-state index contributed by atoms with van der Waals surface area (Å²) in [5, 5.41) is 16.2. The number of rotatable bonds is 1. The van der Waals surface area contributed by atoms with Crippen molar-refractivity contribution in [3.8, 4) is 22.6 Å². The first-order valence-corrected chi connectivity index (χ1v) is 11.2. The highest BCUT2D eigenvalue weighted by Crippen LogP contribution is 2.33. The van der Waals surface area contributed by atoms with E-state index in [9.17, 15) is 19.5 Å². The van der Waals surface area contributed by atoms with Gasteiger partial charge >= 0.3 is 0 Å². The van der Waals surface area contributed by atoms with Crippen LogP contribution in [-0.4, -0.2) is 61.0 Å². The summed E-state index contributed by atoms with van der Waals surface area (Å²) in [6.07, 6.45) is 2.10. The van der Waals surface area contributed by atoms with Crippen LogP contribution in [0.3, 0.4) is 0 Å². The molecule has 0 atom stereocenters. The second-order valence-electron chi connectivity index (χ2n) is 8.09. The zero-order valence-corrected chi connectivity index (χ0v) is 19.1. The number of nitrogens with one attached hydrogen (secondary N) is 2. The summed E-state index contributed by atoms with van der Waals surface area (Å²) in [6, 6.07) is 10.5. The zero-order chi connectivity index (χ0) is 23.8. The van der Waals surface area contributed by atoms with Gasteiger partial charge in [-0.2, -0.15) is 0 Å². The van der Waals surface area contributed by atoms with E-state index in [0.29, 0.717) is 74.3 Å². The molecule has 0 unspecified atom stereocenters. The van der Waals surface area contributed by atoms with Gasteiger partial charge in [0.15, 0.2) is 0 Å². The van der Waals surface area contributed by atoms with E-state index in [1.807, 2.05) is 12.1 Å². The molecule has 4 bridgehead atoms. The van der Waals surface area contributed by atoms with Gasteiger partial charge in [0, 0.05) is 45.1 Å². The average molecular weight is 454 g/mol. The number of ether oxygens (including phenoxy) is 1. The lowest BCUT2D eigenvalue weighted by atomic mass is 9.98. The molecule has 1 aliphatic heterocycles. The Morgan fingerprint density at radius 3 is 2.52 bits per heavy atom. The number of hydrogen-bond donors (Lipinski definition) is 3. The van der Waals surface area contributed by atoms with Crippen LogP contribution in [0.15, 0.2) is 36.4 Å². The Hall–Kier alpha value is -3.55.